The molecule has 0 amide bonds. The van der Waals surface area contributed by atoms with Gasteiger partial charge in [-0.1, -0.05) is 0 Å². The number of benzene rings is 1. The van der Waals surface area contributed by atoms with Crippen molar-refractivity contribution >= 4 is 23.7 Å². The second-order valence-electron chi connectivity index (χ2n) is 3.10. The molecule has 0 saturated heterocycles. The first-order valence-electron chi connectivity index (χ1n) is 4.22. The summed E-state index contributed by atoms with van der Waals surface area (Å²) in [6.45, 7) is 0. The molecule has 0 unspecified atom stereocenters. The van der Waals surface area contributed by atoms with Crippen LogP contribution in [0.4, 0.5) is 0 Å². The van der Waals surface area contributed by atoms with Crippen molar-refractivity contribution in [1.29, 1.82) is 0 Å². The van der Waals surface area contributed by atoms with Crippen LogP contribution in [-0.2, 0) is 0 Å². The fraction of sp³-hybridized carbons (Fsp3) is 0.200. The molecule has 0 heterocycles. The van der Waals surface area contributed by atoms with Crippen molar-refractivity contribution < 1.29 is 14.6 Å². The van der Waals surface area contributed by atoms with Crippen molar-refractivity contribution in [3.63, 3.8) is 0 Å². The molecule has 0 saturated carbocycles. The Kier molecular flexibility index (Phi) is 3.62. The van der Waals surface area contributed by atoms with E-state index in [-0.39, 0.29) is 16.5 Å². The third-order valence-corrected chi connectivity index (χ3v) is 2.15. The van der Waals surface area contributed by atoms with E-state index in [1.807, 2.05) is 0 Å². The van der Waals surface area contributed by atoms with Crippen LogP contribution >= 0.6 is 12.2 Å². The Morgan fingerprint density at radius 2 is 2.20 bits per heavy atom. The third kappa shape index (κ3) is 2.92. The lowest BCUT2D eigenvalue weighted by Crippen LogP contribution is -2.24. The van der Waals surface area contributed by atoms with E-state index in [0.717, 1.165) is 0 Å². The van der Waals surface area contributed by atoms with Crippen molar-refractivity contribution in [1.82, 2.24) is 4.90 Å². The van der Waals surface area contributed by atoms with Gasteiger partial charge in [0.25, 0.3) is 5.17 Å². The van der Waals surface area contributed by atoms with Crippen LogP contribution in [0, 0.1) is 0 Å². The number of phenolic OH excluding ortho intramolecular Hbond substituents is 1. The van der Waals surface area contributed by atoms with Gasteiger partial charge in [0.05, 0.1) is 5.56 Å². The molecular weight excluding hydrogens is 214 g/mol. The van der Waals surface area contributed by atoms with Gasteiger partial charge in [-0.05, 0) is 24.4 Å². The molecule has 0 aromatic heterocycles. The van der Waals surface area contributed by atoms with Crippen LogP contribution in [0.15, 0.2) is 18.2 Å². The van der Waals surface area contributed by atoms with E-state index in [4.69, 9.17) is 17.0 Å². The summed E-state index contributed by atoms with van der Waals surface area (Å²) < 4.78 is 5.24. The average molecular weight is 225 g/mol. The van der Waals surface area contributed by atoms with E-state index in [1.165, 1.54) is 12.1 Å². The number of carbonyl (C=O) groups is 1. The van der Waals surface area contributed by atoms with Crippen molar-refractivity contribution in [3.05, 3.63) is 23.8 Å². The molecule has 15 heavy (non-hydrogen) atoms. The topological polar surface area (TPSA) is 49.8 Å². The largest absolute Gasteiger partial charge is 0.507 e. The van der Waals surface area contributed by atoms with Crippen molar-refractivity contribution in [2.24, 2.45) is 0 Å². The highest BCUT2D eigenvalue weighted by Crippen LogP contribution is 2.22. The van der Waals surface area contributed by atoms with Crippen LogP contribution in [0.25, 0.3) is 0 Å². The van der Waals surface area contributed by atoms with Gasteiger partial charge in [-0.15, -0.1) is 0 Å². The van der Waals surface area contributed by atoms with E-state index in [0.29, 0.717) is 12.0 Å². The first-order chi connectivity index (χ1) is 7.04. The lowest BCUT2D eigenvalue weighted by Gasteiger charge is -2.14. The number of aldehydes is 1. The molecule has 5 heteroatoms. The Labute approximate surface area is 93.1 Å². The normalized spacial score (nSPS) is 9.47. The highest BCUT2D eigenvalue weighted by Gasteiger charge is 2.05. The number of rotatable bonds is 2. The number of hydrogen-bond acceptors (Lipinski definition) is 4. The van der Waals surface area contributed by atoms with Gasteiger partial charge in [-0.3, -0.25) is 4.79 Å². The van der Waals surface area contributed by atoms with Gasteiger partial charge < -0.3 is 14.7 Å². The smallest absolute Gasteiger partial charge is 0.264 e. The molecular formula is C10H11NO3S. The summed E-state index contributed by atoms with van der Waals surface area (Å²) in [6.07, 6.45) is 0.573. The van der Waals surface area contributed by atoms with Gasteiger partial charge in [0.2, 0.25) is 0 Å². The van der Waals surface area contributed by atoms with E-state index in [9.17, 15) is 9.90 Å². The number of ether oxygens (including phenoxy) is 1. The Balaban J connectivity index is 2.84. The Morgan fingerprint density at radius 1 is 1.53 bits per heavy atom. The van der Waals surface area contributed by atoms with Crippen LogP contribution in [0.2, 0.25) is 0 Å². The fourth-order valence-electron chi connectivity index (χ4n) is 0.879. The van der Waals surface area contributed by atoms with Crippen LogP contribution in [-0.4, -0.2) is 35.6 Å². The first-order valence-corrected chi connectivity index (χ1v) is 4.62. The molecule has 0 aliphatic heterocycles. The number of nitrogens with zero attached hydrogens (tertiary/aromatic N) is 1. The molecule has 0 aliphatic carbocycles. The zero-order valence-corrected chi connectivity index (χ0v) is 9.25. The van der Waals surface area contributed by atoms with Gasteiger partial charge in [0.15, 0.2) is 6.29 Å². The summed E-state index contributed by atoms with van der Waals surface area (Å²) in [5, 5.41) is 9.66. The van der Waals surface area contributed by atoms with E-state index in [2.05, 4.69) is 0 Å². The summed E-state index contributed by atoms with van der Waals surface area (Å²) in [5.41, 5.74) is 0.220. The van der Waals surface area contributed by atoms with Gasteiger partial charge in [0, 0.05) is 20.2 Å². The van der Waals surface area contributed by atoms with Crippen molar-refractivity contribution in [2.45, 2.75) is 0 Å². The summed E-state index contributed by atoms with van der Waals surface area (Å²) in [5.74, 6) is 0.279. The standard InChI is InChI=1S/C10H11NO3S/c1-11(2)10(15)14-8-4-3-7(6-12)9(13)5-8/h3-6,13H,1-2H3. The second kappa shape index (κ2) is 4.75. The number of thiocarbonyl (C=S) groups is 1. The second-order valence-corrected chi connectivity index (χ2v) is 3.45. The maximum atomic E-state index is 10.4. The lowest BCUT2D eigenvalue weighted by molar-refractivity contribution is 0.112. The van der Waals surface area contributed by atoms with Crippen molar-refractivity contribution in [2.75, 3.05) is 14.1 Å². The lowest BCUT2D eigenvalue weighted by atomic mass is 10.2. The van der Waals surface area contributed by atoms with E-state index in [1.54, 1.807) is 25.1 Å². The van der Waals surface area contributed by atoms with Crippen LogP contribution in [0.1, 0.15) is 10.4 Å². The van der Waals surface area contributed by atoms with E-state index < -0.39 is 0 Å². The van der Waals surface area contributed by atoms with Gasteiger partial charge in [0.1, 0.15) is 11.5 Å². The van der Waals surface area contributed by atoms with E-state index >= 15 is 0 Å². The number of hydrogen-bond donors (Lipinski definition) is 1. The molecule has 1 aromatic carbocycles. The Bertz CT molecular complexity index is 390. The minimum Gasteiger partial charge on any atom is -0.507 e. The summed E-state index contributed by atoms with van der Waals surface area (Å²) in [6, 6.07) is 4.38. The van der Waals surface area contributed by atoms with Crippen LogP contribution in [0.3, 0.4) is 0 Å². The maximum absolute atomic E-state index is 10.4. The molecule has 0 aliphatic rings. The first kappa shape index (κ1) is 11.5. The highest BCUT2D eigenvalue weighted by molar-refractivity contribution is 7.80. The fourth-order valence-corrected chi connectivity index (χ4v) is 0.975. The summed E-state index contributed by atoms with van der Waals surface area (Å²) in [4.78, 5) is 12.1. The summed E-state index contributed by atoms with van der Waals surface area (Å²) in [7, 11) is 3.50. The molecule has 1 N–H and O–H groups in total. The minimum atomic E-state index is -0.121. The Hall–Kier alpha value is -1.62. The number of carbonyl (C=O) groups excluding carboxylic acids is 1. The number of phenols is 1. The monoisotopic (exact) mass is 225 g/mol. The van der Waals surface area contributed by atoms with Crippen LogP contribution < -0.4 is 4.74 Å². The molecule has 1 rings (SSSR count). The summed E-state index contributed by atoms with van der Waals surface area (Å²) >= 11 is 4.92. The van der Waals surface area contributed by atoms with Crippen LogP contribution in [0.5, 0.6) is 11.5 Å². The van der Waals surface area contributed by atoms with Gasteiger partial charge in [-0.25, -0.2) is 0 Å². The molecule has 80 valence electrons. The maximum Gasteiger partial charge on any atom is 0.264 e. The predicted octanol–water partition coefficient (Wildman–Crippen LogP) is 1.43. The van der Waals surface area contributed by atoms with Gasteiger partial charge in [-0.2, -0.15) is 0 Å². The average Bonchev–Trinajstić information content (AvgIpc) is 2.18. The van der Waals surface area contributed by atoms with Crippen molar-refractivity contribution in [3.8, 4) is 11.5 Å². The minimum absolute atomic E-state index is 0.121. The predicted molar refractivity (Wildman–Crippen MR) is 60.4 cm³/mol. The molecule has 0 atom stereocenters. The third-order valence-electron chi connectivity index (χ3n) is 1.70. The van der Waals surface area contributed by atoms with Gasteiger partial charge >= 0.3 is 0 Å². The Morgan fingerprint density at radius 3 is 2.67 bits per heavy atom. The zero-order chi connectivity index (χ0) is 11.4. The SMILES string of the molecule is CN(C)C(=S)Oc1ccc(C=O)c(O)c1. The molecule has 0 fully saturated rings. The highest BCUT2D eigenvalue weighted by atomic mass is 32.1. The molecule has 1 aromatic rings. The molecule has 4 nitrogen and oxygen atoms in total. The molecule has 0 radical (unpaired) electrons. The quantitative estimate of drug-likeness (QED) is 0.609. The zero-order valence-electron chi connectivity index (χ0n) is 8.43. The molecule has 0 spiro atoms. The molecule has 0 bridgehead atoms. The number of aromatic hydroxyl groups is 1.